The van der Waals surface area contributed by atoms with Gasteiger partial charge in [-0.15, -0.1) is 0 Å². The van der Waals surface area contributed by atoms with Crippen molar-refractivity contribution in [2.75, 3.05) is 19.8 Å². The Labute approximate surface area is 53.4 Å². The molecule has 1 rings (SSSR count). The van der Waals surface area contributed by atoms with Gasteiger partial charge >= 0.3 is 0 Å². The first-order valence-corrected chi connectivity index (χ1v) is 2.84. The molecule has 52 valence electrons. The predicted molar refractivity (Wildman–Crippen MR) is 32.5 cm³/mol. The molecule has 1 fully saturated rings. The van der Waals surface area contributed by atoms with Gasteiger partial charge in [0.15, 0.2) is 0 Å². The first kappa shape index (κ1) is 6.51. The van der Waals surface area contributed by atoms with E-state index in [1.807, 2.05) is 0 Å². The third kappa shape index (κ3) is 1.65. The van der Waals surface area contributed by atoms with Crippen LogP contribution < -0.4 is 5.73 Å². The van der Waals surface area contributed by atoms with Gasteiger partial charge in [-0.2, -0.15) is 0 Å². The van der Waals surface area contributed by atoms with Crippen molar-refractivity contribution in [1.82, 2.24) is 0 Å². The fraction of sp³-hybridized carbons (Fsp3) is 0.800. The molecule has 1 unspecified atom stereocenters. The second-order valence-electron chi connectivity index (χ2n) is 1.89. The monoisotopic (exact) mass is 130 g/mol. The summed E-state index contributed by atoms with van der Waals surface area (Å²) in [5, 5.41) is 6.96. The van der Waals surface area contributed by atoms with E-state index >= 15 is 0 Å². The summed E-state index contributed by atoms with van der Waals surface area (Å²) in [6, 6.07) is 0. The average Bonchev–Trinajstić information content (AvgIpc) is 1.90. The van der Waals surface area contributed by atoms with Crippen LogP contribution in [0, 0.1) is 5.41 Å². The first-order valence-electron chi connectivity index (χ1n) is 2.84. The van der Waals surface area contributed by atoms with E-state index in [-0.39, 0.29) is 11.9 Å². The quantitative estimate of drug-likeness (QED) is 0.365. The number of nitrogens with one attached hydrogen (secondary N) is 1. The fourth-order valence-electron chi connectivity index (χ4n) is 0.667. The Balaban J connectivity index is 2.31. The van der Waals surface area contributed by atoms with E-state index < -0.39 is 0 Å². The molecule has 4 nitrogen and oxygen atoms in total. The molecule has 1 aliphatic heterocycles. The smallest absolute Gasteiger partial charge is 0.137 e. The molecule has 1 saturated heterocycles. The molecule has 9 heavy (non-hydrogen) atoms. The molecule has 1 heterocycles. The molecule has 0 aromatic heterocycles. The van der Waals surface area contributed by atoms with Gasteiger partial charge < -0.3 is 15.2 Å². The van der Waals surface area contributed by atoms with E-state index in [0.717, 1.165) is 0 Å². The largest absolute Gasteiger partial charge is 0.385 e. The molecule has 0 spiro atoms. The van der Waals surface area contributed by atoms with Crippen molar-refractivity contribution < 1.29 is 9.47 Å². The van der Waals surface area contributed by atoms with Crippen LogP contribution in [0.2, 0.25) is 0 Å². The molecule has 0 aromatic rings. The van der Waals surface area contributed by atoms with Crippen LogP contribution in [0.4, 0.5) is 0 Å². The fourth-order valence-corrected chi connectivity index (χ4v) is 0.667. The number of nitrogens with two attached hydrogens (primary N) is 1. The van der Waals surface area contributed by atoms with Crippen molar-refractivity contribution in [2.45, 2.75) is 6.10 Å². The van der Waals surface area contributed by atoms with Gasteiger partial charge in [0.05, 0.1) is 19.8 Å². The Bertz CT molecular complexity index is 110. The highest BCUT2D eigenvalue weighted by molar-refractivity contribution is 5.81. The van der Waals surface area contributed by atoms with E-state index in [0.29, 0.717) is 19.8 Å². The minimum Gasteiger partial charge on any atom is -0.385 e. The summed E-state index contributed by atoms with van der Waals surface area (Å²) in [7, 11) is 0. The molecule has 4 heteroatoms. The Morgan fingerprint density at radius 1 is 1.56 bits per heavy atom. The number of amidine groups is 1. The van der Waals surface area contributed by atoms with E-state index in [4.69, 9.17) is 20.6 Å². The Morgan fingerprint density at radius 2 is 2.33 bits per heavy atom. The average molecular weight is 130 g/mol. The third-order valence-electron chi connectivity index (χ3n) is 1.16. The lowest BCUT2D eigenvalue weighted by atomic mass is 10.3. The van der Waals surface area contributed by atoms with Gasteiger partial charge in [-0.05, 0) is 0 Å². The molecule has 0 saturated carbocycles. The summed E-state index contributed by atoms with van der Waals surface area (Å²) in [6.07, 6.45) is -0.307. The second-order valence-corrected chi connectivity index (χ2v) is 1.89. The highest BCUT2D eigenvalue weighted by Gasteiger charge is 2.15. The summed E-state index contributed by atoms with van der Waals surface area (Å²) in [5.74, 6) is 0.0506. The summed E-state index contributed by atoms with van der Waals surface area (Å²) >= 11 is 0. The number of ether oxygens (including phenoxy) is 2. The normalized spacial score (nSPS) is 27.8. The van der Waals surface area contributed by atoms with Crippen LogP contribution in [0.1, 0.15) is 0 Å². The van der Waals surface area contributed by atoms with Crippen LogP contribution in [-0.4, -0.2) is 31.8 Å². The zero-order valence-corrected chi connectivity index (χ0v) is 5.09. The van der Waals surface area contributed by atoms with Crippen LogP contribution >= 0.6 is 0 Å². The van der Waals surface area contributed by atoms with Crippen LogP contribution in [0.15, 0.2) is 0 Å². The maximum atomic E-state index is 6.96. The zero-order chi connectivity index (χ0) is 6.69. The second kappa shape index (κ2) is 2.80. The van der Waals surface area contributed by atoms with Crippen LogP contribution in [0.3, 0.4) is 0 Å². The molecule has 0 bridgehead atoms. The molecule has 3 N–H and O–H groups in total. The molecule has 0 aliphatic carbocycles. The van der Waals surface area contributed by atoms with Gasteiger partial charge in [0.25, 0.3) is 0 Å². The standard InChI is InChI=1S/C5H10N2O2/c6-5(7)4-3-8-1-2-9-4/h4H,1-3H2,(H3,6,7). The van der Waals surface area contributed by atoms with E-state index in [2.05, 4.69) is 0 Å². The molecule has 0 amide bonds. The molecule has 0 radical (unpaired) electrons. The van der Waals surface area contributed by atoms with Crippen molar-refractivity contribution in [3.8, 4) is 0 Å². The van der Waals surface area contributed by atoms with Crippen LogP contribution in [0.5, 0.6) is 0 Å². The lowest BCUT2D eigenvalue weighted by Gasteiger charge is -2.21. The lowest BCUT2D eigenvalue weighted by Crippen LogP contribution is -2.39. The van der Waals surface area contributed by atoms with Crippen molar-refractivity contribution in [2.24, 2.45) is 5.73 Å². The molecule has 0 aromatic carbocycles. The Hall–Kier alpha value is -0.610. The van der Waals surface area contributed by atoms with E-state index in [9.17, 15) is 0 Å². The van der Waals surface area contributed by atoms with Crippen molar-refractivity contribution in [1.29, 1.82) is 5.41 Å². The van der Waals surface area contributed by atoms with Crippen molar-refractivity contribution in [3.63, 3.8) is 0 Å². The summed E-state index contributed by atoms with van der Waals surface area (Å²) in [6.45, 7) is 1.59. The minimum atomic E-state index is -0.307. The van der Waals surface area contributed by atoms with Crippen LogP contribution in [0.25, 0.3) is 0 Å². The lowest BCUT2D eigenvalue weighted by molar-refractivity contribution is -0.0600. The maximum absolute atomic E-state index is 6.96. The van der Waals surface area contributed by atoms with E-state index in [1.165, 1.54) is 0 Å². The summed E-state index contributed by atoms with van der Waals surface area (Å²) in [5.41, 5.74) is 5.15. The summed E-state index contributed by atoms with van der Waals surface area (Å²) < 4.78 is 10.1. The predicted octanol–water partition coefficient (Wildman–Crippen LogP) is -0.662. The van der Waals surface area contributed by atoms with Gasteiger partial charge in [0.1, 0.15) is 11.9 Å². The van der Waals surface area contributed by atoms with Gasteiger partial charge in [-0.25, -0.2) is 0 Å². The number of rotatable bonds is 1. The SMILES string of the molecule is N=C(N)C1COCCO1. The highest BCUT2D eigenvalue weighted by atomic mass is 16.6. The zero-order valence-electron chi connectivity index (χ0n) is 5.09. The number of hydrogen-bond donors (Lipinski definition) is 2. The highest BCUT2D eigenvalue weighted by Crippen LogP contribution is 1.98. The Kier molecular flexibility index (Phi) is 2.02. The van der Waals surface area contributed by atoms with Gasteiger partial charge in [-0.3, -0.25) is 5.41 Å². The molecule has 1 aliphatic rings. The topological polar surface area (TPSA) is 68.3 Å². The minimum absolute atomic E-state index is 0.0506. The van der Waals surface area contributed by atoms with Crippen molar-refractivity contribution >= 4 is 5.84 Å². The van der Waals surface area contributed by atoms with Gasteiger partial charge in [0.2, 0.25) is 0 Å². The van der Waals surface area contributed by atoms with Crippen molar-refractivity contribution in [3.05, 3.63) is 0 Å². The van der Waals surface area contributed by atoms with Gasteiger partial charge in [-0.1, -0.05) is 0 Å². The molecular formula is C5H10N2O2. The first-order chi connectivity index (χ1) is 4.30. The number of hydrogen-bond acceptors (Lipinski definition) is 3. The maximum Gasteiger partial charge on any atom is 0.137 e. The summed E-state index contributed by atoms with van der Waals surface area (Å²) in [4.78, 5) is 0. The third-order valence-corrected chi connectivity index (χ3v) is 1.16. The van der Waals surface area contributed by atoms with Crippen LogP contribution in [-0.2, 0) is 9.47 Å². The Morgan fingerprint density at radius 3 is 2.67 bits per heavy atom. The van der Waals surface area contributed by atoms with E-state index in [1.54, 1.807) is 0 Å². The molecular weight excluding hydrogens is 120 g/mol. The molecule has 1 atom stereocenters. The van der Waals surface area contributed by atoms with Gasteiger partial charge in [0, 0.05) is 0 Å².